The van der Waals surface area contributed by atoms with Crippen LogP contribution >= 0.6 is 0 Å². The summed E-state index contributed by atoms with van der Waals surface area (Å²) in [6, 6.07) is 13.1. The number of nitrogens with one attached hydrogen (secondary N) is 1. The van der Waals surface area contributed by atoms with Crippen LogP contribution in [0.4, 0.5) is 5.95 Å². The second-order valence-electron chi connectivity index (χ2n) is 7.29. The average molecular weight is 421 g/mol. The Balaban J connectivity index is 2.02. The van der Waals surface area contributed by atoms with Gasteiger partial charge in [0.05, 0.1) is 43.5 Å². The first kappa shape index (κ1) is 20.8. The molecule has 1 N–H and O–H groups in total. The Kier molecular flexibility index (Phi) is 5.84. The van der Waals surface area contributed by atoms with Crippen LogP contribution in [0.2, 0.25) is 0 Å². The number of allylic oxidation sites excluding steroid dienone is 1. The van der Waals surface area contributed by atoms with E-state index in [0.717, 1.165) is 28.7 Å². The van der Waals surface area contributed by atoms with Crippen molar-refractivity contribution in [3.8, 4) is 11.5 Å². The topological polar surface area (TPSA) is 74.6 Å². The standard InChI is InChI=1S/C24H27N3O4/c1-5-9-18-21(23(28)31-6-2)22(16-13-12-15(29-3)14-20(16)30-4)27-19-11-8-7-10-17(19)25-24(27)26-18/h7-8,10-14,22H,5-6,9H2,1-4H3,(H,25,26)/t22-/m1/s1. The summed E-state index contributed by atoms with van der Waals surface area (Å²) in [6.07, 6.45) is 1.57. The summed E-state index contributed by atoms with van der Waals surface area (Å²) < 4.78 is 18.6. The Hall–Kier alpha value is -3.48. The van der Waals surface area contributed by atoms with Gasteiger partial charge in [-0.3, -0.25) is 4.57 Å². The van der Waals surface area contributed by atoms with Gasteiger partial charge < -0.3 is 19.5 Å². The molecule has 162 valence electrons. The number of anilines is 1. The maximum absolute atomic E-state index is 13.2. The molecule has 1 aliphatic heterocycles. The number of aromatic nitrogens is 2. The van der Waals surface area contributed by atoms with Crippen LogP contribution < -0.4 is 14.8 Å². The van der Waals surface area contributed by atoms with Crippen LogP contribution in [-0.2, 0) is 9.53 Å². The van der Waals surface area contributed by atoms with Crippen LogP contribution in [0.15, 0.2) is 53.7 Å². The summed E-state index contributed by atoms with van der Waals surface area (Å²) in [4.78, 5) is 18.0. The van der Waals surface area contributed by atoms with Crippen molar-refractivity contribution >= 4 is 23.0 Å². The summed E-state index contributed by atoms with van der Waals surface area (Å²) in [5.41, 5.74) is 4.01. The highest BCUT2D eigenvalue weighted by atomic mass is 16.5. The predicted octanol–water partition coefficient (Wildman–Crippen LogP) is 4.69. The highest BCUT2D eigenvalue weighted by molar-refractivity contribution is 5.94. The lowest BCUT2D eigenvalue weighted by atomic mass is 9.92. The predicted molar refractivity (Wildman–Crippen MR) is 120 cm³/mol. The van der Waals surface area contributed by atoms with Crippen molar-refractivity contribution in [3.05, 3.63) is 59.3 Å². The molecule has 31 heavy (non-hydrogen) atoms. The largest absolute Gasteiger partial charge is 0.497 e. The third kappa shape index (κ3) is 3.60. The lowest BCUT2D eigenvalue weighted by molar-refractivity contribution is -0.139. The van der Waals surface area contributed by atoms with Gasteiger partial charge in [-0.15, -0.1) is 0 Å². The molecule has 1 atom stereocenters. The zero-order valence-corrected chi connectivity index (χ0v) is 18.3. The number of rotatable bonds is 7. The minimum absolute atomic E-state index is 0.297. The molecule has 3 aromatic rings. The number of imidazole rings is 1. The maximum Gasteiger partial charge on any atom is 0.338 e. The fourth-order valence-corrected chi connectivity index (χ4v) is 4.12. The van der Waals surface area contributed by atoms with Crippen LogP contribution in [-0.4, -0.2) is 36.3 Å². The van der Waals surface area contributed by atoms with Gasteiger partial charge in [0.15, 0.2) is 0 Å². The van der Waals surface area contributed by atoms with Gasteiger partial charge in [-0.2, -0.15) is 0 Å². The molecule has 4 rings (SSSR count). The minimum atomic E-state index is -0.454. The molecule has 2 heterocycles. The SMILES string of the molecule is CCCC1=C(C(=O)OCC)[C@@H](c2ccc(OC)cc2OC)n2c(nc3ccccc32)N1. The Morgan fingerprint density at radius 3 is 2.65 bits per heavy atom. The van der Waals surface area contributed by atoms with Gasteiger partial charge in [0.2, 0.25) is 5.95 Å². The third-order valence-corrected chi connectivity index (χ3v) is 5.45. The number of carbonyl (C=O) groups is 1. The number of methoxy groups -OCH3 is 2. The second-order valence-corrected chi connectivity index (χ2v) is 7.29. The maximum atomic E-state index is 13.2. The average Bonchev–Trinajstić information content (AvgIpc) is 3.16. The summed E-state index contributed by atoms with van der Waals surface area (Å²) in [7, 11) is 3.23. The molecule has 2 aromatic carbocycles. The van der Waals surface area contributed by atoms with E-state index >= 15 is 0 Å². The molecule has 1 aliphatic rings. The van der Waals surface area contributed by atoms with Crippen LogP contribution in [0.3, 0.4) is 0 Å². The van der Waals surface area contributed by atoms with Gasteiger partial charge in [0.25, 0.3) is 0 Å². The highest BCUT2D eigenvalue weighted by Gasteiger charge is 2.37. The fourth-order valence-electron chi connectivity index (χ4n) is 4.12. The molecule has 1 aromatic heterocycles. The normalized spacial score (nSPS) is 15.4. The number of hydrogen-bond donors (Lipinski definition) is 1. The number of benzene rings is 2. The molecule has 0 bridgehead atoms. The monoisotopic (exact) mass is 421 g/mol. The van der Waals surface area contributed by atoms with Gasteiger partial charge in [-0.25, -0.2) is 9.78 Å². The number of fused-ring (bicyclic) bond motifs is 3. The van der Waals surface area contributed by atoms with Crippen molar-refractivity contribution in [2.75, 3.05) is 26.1 Å². The van der Waals surface area contributed by atoms with Crippen molar-refractivity contribution in [2.24, 2.45) is 0 Å². The van der Waals surface area contributed by atoms with Gasteiger partial charge in [-0.1, -0.05) is 25.5 Å². The fraction of sp³-hybridized carbons (Fsp3) is 0.333. The van der Waals surface area contributed by atoms with E-state index in [1.165, 1.54) is 0 Å². The lowest BCUT2D eigenvalue weighted by Gasteiger charge is -2.32. The molecular formula is C24H27N3O4. The molecule has 0 radical (unpaired) electrons. The summed E-state index contributed by atoms with van der Waals surface area (Å²) in [6.45, 7) is 4.19. The summed E-state index contributed by atoms with van der Waals surface area (Å²) in [5, 5.41) is 3.40. The van der Waals surface area contributed by atoms with Crippen LogP contribution in [0.5, 0.6) is 11.5 Å². The van der Waals surface area contributed by atoms with Crippen molar-refractivity contribution < 1.29 is 19.0 Å². The first-order valence-corrected chi connectivity index (χ1v) is 10.5. The Morgan fingerprint density at radius 2 is 1.94 bits per heavy atom. The van der Waals surface area contributed by atoms with Crippen molar-refractivity contribution in [1.29, 1.82) is 0 Å². The molecule has 0 unspecified atom stereocenters. The molecule has 0 spiro atoms. The molecule has 0 saturated heterocycles. The van der Waals surface area contributed by atoms with E-state index in [-0.39, 0.29) is 5.97 Å². The molecule has 0 aliphatic carbocycles. The molecular weight excluding hydrogens is 394 g/mol. The minimum Gasteiger partial charge on any atom is -0.497 e. The molecule has 7 heteroatoms. The van der Waals surface area contributed by atoms with E-state index in [9.17, 15) is 4.79 Å². The molecule has 0 fully saturated rings. The van der Waals surface area contributed by atoms with Crippen LogP contribution in [0, 0.1) is 0 Å². The van der Waals surface area contributed by atoms with Crippen LogP contribution in [0.1, 0.15) is 38.3 Å². The quantitative estimate of drug-likeness (QED) is 0.558. The van der Waals surface area contributed by atoms with E-state index in [0.29, 0.717) is 36.0 Å². The Labute approximate surface area is 181 Å². The number of carbonyl (C=O) groups excluding carboxylic acids is 1. The molecule has 0 amide bonds. The van der Waals surface area contributed by atoms with Crippen molar-refractivity contribution in [1.82, 2.24) is 9.55 Å². The summed E-state index contributed by atoms with van der Waals surface area (Å²) in [5.74, 6) is 1.67. The third-order valence-electron chi connectivity index (χ3n) is 5.45. The highest BCUT2D eigenvalue weighted by Crippen LogP contribution is 2.44. The zero-order chi connectivity index (χ0) is 22.0. The van der Waals surface area contributed by atoms with E-state index < -0.39 is 6.04 Å². The second kappa shape index (κ2) is 8.71. The van der Waals surface area contributed by atoms with Gasteiger partial charge in [0.1, 0.15) is 11.5 Å². The smallest absolute Gasteiger partial charge is 0.338 e. The van der Waals surface area contributed by atoms with Gasteiger partial charge in [0, 0.05) is 17.3 Å². The lowest BCUT2D eigenvalue weighted by Crippen LogP contribution is -2.30. The number of hydrogen-bond acceptors (Lipinski definition) is 6. The summed E-state index contributed by atoms with van der Waals surface area (Å²) >= 11 is 0. The Morgan fingerprint density at radius 1 is 1.13 bits per heavy atom. The van der Waals surface area contributed by atoms with Gasteiger partial charge in [-0.05, 0) is 37.6 Å². The van der Waals surface area contributed by atoms with Crippen LogP contribution in [0.25, 0.3) is 11.0 Å². The number of nitrogens with zero attached hydrogens (tertiary/aromatic N) is 2. The van der Waals surface area contributed by atoms with E-state index in [1.54, 1.807) is 14.2 Å². The zero-order valence-electron chi connectivity index (χ0n) is 18.3. The molecule has 7 nitrogen and oxygen atoms in total. The van der Waals surface area contributed by atoms with E-state index in [1.807, 2.05) is 54.0 Å². The Bertz CT molecular complexity index is 1150. The van der Waals surface area contributed by atoms with E-state index in [4.69, 9.17) is 19.2 Å². The van der Waals surface area contributed by atoms with Gasteiger partial charge >= 0.3 is 5.97 Å². The molecule has 0 saturated carbocycles. The van der Waals surface area contributed by atoms with Crippen molar-refractivity contribution in [3.63, 3.8) is 0 Å². The number of para-hydroxylation sites is 2. The first-order valence-electron chi connectivity index (χ1n) is 10.5. The number of ether oxygens (including phenoxy) is 3. The van der Waals surface area contributed by atoms with E-state index in [2.05, 4.69) is 12.2 Å². The number of esters is 1. The van der Waals surface area contributed by atoms with Crippen molar-refractivity contribution in [2.45, 2.75) is 32.7 Å². The first-order chi connectivity index (χ1) is 15.1.